The molecule has 9 nitrogen and oxygen atoms in total. The number of hydrogen-bond donors (Lipinski definition) is 3. The minimum atomic E-state index is -0.658. The smallest absolute Gasteiger partial charge is 0.320 e. The van der Waals surface area contributed by atoms with Gasteiger partial charge in [0, 0.05) is 6.20 Å². The van der Waals surface area contributed by atoms with E-state index < -0.39 is 17.5 Å². The summed E-state index contributed by atoms with van der Waals surface area (Å²) in [6, 6.07) is 28.1. The summed E-state index contributed by atoms with van der Waals surface area (Å²) in [5.74, 6) is -0.917. The predicted molar refractivity (Wildman–Crippen MR) is 143 cm³/mol. The molecule has 0 saturated heterocycles. The fraction of sp³-hybridized carbons (Fsp3) is 0.138. The van der Waals surface area contributed by atoms with Crippen LogP contribution in [-0.4, -0.2) is 41.7 Å². The van der Waals surface area contributed by atoms with Crippen molar-refractivity contribution in [2.75, 3.05) is 13.6 Å². The van der Waals surface area contributed by atoms with E-state index >= 15 is 0 Å². The molecule has 1 aromatic heterocycles. The van der Waals surface area contributed by atoms with Crippen LogP contribution in [0.15, 0.2) is 102 Å². The topological polar surface area (TPSA) is 130 Å². The molecule has 1 heterocycles. The number of likely N-dealkylation sites (N-methyl/N-ethyl adjacent to an activating group) is 1. The van der Waals surface area contributed by atoms with Gasteiger partial charge in [-0.1, -0.05) is 91.0 Å². The van der Waals surface area contributed by atoms with E-state index in [1.165, 1.54) is 0 Å². The Labute approximate surface area is 219 Å². The minimum absolute atomic E-state index is 0.121. The van der Waals surface area contributed by atoms with Crippen molar-refractivity contribution in [2.24, 2.45) is 0 Å². The number of ether oxygens (including phenoxy) is 1. The number of benzene rings is 3. The first-order chi connectivity index (χ1) is 18.5. The lowest BCUT2D eigenvalue weighted by molar-refractivity contribution is -0.143. The number of esters is 1. The summed E-state index contributed by atoms with van der Waals surface area (Å²) in [6.45, 7) is 0.605. The van der Waals surface area contributed by atoms with E-state index in [1.807, 2.05) is 91.0 Å². The van der Waals surface area contributed by atoms with E-state index in [2.05, 4.69) is 20.6 Å². The maximum atomic E-state index is 12.6. The Bertz CT molecular complexity index is 1340. The van der Waals surface area contributed by atoms with Crippen molar-refractivity contribution >= 4 is 18.2 Å². The fourth-order valence-electron chi connectivity index (χ4n) is 3.42. The van der Waals surface area contributed by atoms with E-state index in [0.29, 0.717) is 12.9 Å². The monoisotopic (exact) mass is 512 g/mol. The van der Waals surface area contributed by atoms with E-state index in [1.54, 1.807) is 7.05 Å². The second-order valence-electron chi connectivity index (χ2n) is 8.03. The lowest BCUT2D eigenvalue weighted by atomic mass is 9.98. The van der Waals surface area contributed by atoms with Crippen molar-refractivity contribution in [1.82, 2.24) is 20.6 Å². The van der Waals surface area contributed by atoms with Gasteiger partial charge >= 0.3 is 5.97 Å². The number of aldehydes is 1. The van der Waals surface area contributed by atoms with Gasteiger partial charge in [-0.2, -0.15) is 0 Å². The molecule has 0 aliphatic heterocycles. The highest BCUT2D eigenvalue weighted by Crippen LogP contribution is 2.22. The highest BCUT2D eigenvalue weighted by atomic mass is 16.5. The van der Waals surface area contributed by atoms with Crippen molar-refractivity contribution in [3.63, 3.8) is 0 Å². The zero-order valence-electron chi connectivity index (χ0n) is 20.8. The van der Waals surface area contributed by atoms with E-state index in [4.69, 9.17) is 4.74 Å². The summed E-state index contributed by atoms with van der Waals surface area (Å²) in [7, 11) is 1.71. The van der Waals surface area contributed by atoms with Gasteiger partial charge in [0.05, 0.1) is 12.6 Å². The molecule has 0 saturated carbocycles. The second kappa shape index (κ2) is 14.6. The van der Waals surface area contributed by atoms with E-state index in [-0.39, 0.29) is 23.9 Å². The molecule has 38 heavy (non-hydrogen) atoms. The lowest BCUT2D eigenvalue weighted by Gasteiger charge is -2.19. The molecule has 9 heteroatoms. The summed E-state index contributed by atoms with van der Waals surface area (Å²) in [5.41, 5.74) is 1.97. The van der Waals surface area contributed by atoms with Crippen LogP contribution in [0.5, 0.6) is 0 Å². The Kier molecular flexibility index (Phi) is 10.7. The molecule has 0 aliphatic carbocycles. The maximum absolute atomic E-state index is 12.6. The summed E-state index contributed by atoms with van der Waals surface area (Å²) in [4.78, 5) is 52.1. The first-order valence-electron chi connectivity index (χ1n) is 11.8. The van der Waals surface area contributed by atoms with Crippen LogP contribution in [-0.2, 0) is 16.1 Å². The van der Waals surface area contributed by atoms with Crippen LogP contribution in [0.4, 0.5) is 0 Å². The quantitative estimate of drug-likeness (QED) is 0.232. The molecule has 4 rings (SSSR count). The molecule has 1 amide bonds. The number of aromatic nitrogens is 2. The molecular formula is C29H28N4O5. The molecule has 4 aromatic rings. The summed E-state index contributed by atoms with van der Waals surface area (Å²) >= 11 is 0. The van der Waals surface area contributed by atoms with Crippen molar-refractivity contribution in [1.29, 1.82) is 0 Å². The highest BCUT2D eigenvalue weighted by Gasteiger charge is 2.19. The van der Waals surface area contributed by atoms with Crippen LogP contribution in [0.2, 0.25) is 0 Å². The van der Waals surface area contributed by atoms with Gasteiger partial charge in [-0.05, 0) is 23.7 Å². The number of carbonyl (C=O) groups is 3. The van der Waals surface area contributed by atoms with Gasteiger partial charge < -0.3 is 20.4 Å². The Morgan fingerprint density at radius 1 is 0.921 bits per heavy atom. The average Bonchev–Trinajstić information content (AvgIpc) is 2.96. The SMILES string of the molecule is CNCC(=O)OCc1ccccc1.O=Cc1ncc(C(=O)NC(c2ccccc2)c2ccccc2)c(=O)[nH]1. The molecule has 0 aliphatic rings. The standard InChI is InChI=1S/C19H15N3O3.C10H13NO2/c23-12-16-20-11-15(18(24)21-16)19(25)22-17(13-7-3-1-4-8-13)14-9-5-2-6-10-14;1-11-7-10(12)13-8-9-5-3-2-4-6-9/h1-12,17H,(H,22,25)(H,20,21,24);2-6,11H,7-8H2,1H3. The van der Waals surface area contributed by atoms with Crippen molar-refractivity contribution in [3.8, 4) is 0 Å². The normalized spacial score (nSPS) is 10.2. The van der Waals surface area contributed by atoms with E-state index in [0.717, 1.165) is 22.9 Å². The van der Waals surface area contributed by atoms with Gasteiger partial charge in [0.25, 0.3) is 11.5 Å². The molecule has 0 spiro atoms. The fourth-order valence-corrected chi connectivity index (χ4v) is 3.42. The molecule has 0 bridgehead atoms. The zero-order chi connectivity index (χ0) is 27.2. The second-order valence-corrected chi connectivity index (χ2v) is 8.03. The molecule has 0 unspecified atom stereocenters. The summed E-state index contributed by atoms with van der Waals surface area (Å²) in [6.07, 6.45) is 1.52. The van der Waals surface area contributed by atoms with Crippen LogP contribution in [0.1, 0.15) is 43.7 Å². The maximum Gasteiger partial charge on any atom is 0.320 e. The van der Waals surface area contributed by atoms with Crippen LogP contribution >= 0.6 is 0 Å². The average molecular weight is 513 g/mol. The Morgan fingerprint density at radius 2 is 1.47 bits per heavy atom. The van der Waals surface area contributed by atoms with Gasteiger partial charge in [0.1, 0.15) is 12.2 Å². The largest absolute Gasteiger partial charge is 0.460 e. The van der Waals surface area contributed by atoms with Crippen LogP contribution in [0, 0.1) is 0 Å². The van der Waals surface area contributed by atoms with Gasteiger partial charge in [0.15, 0.2) is 12.1 Å². The number of hydrogen-bond acceptors (Lipinski definition) is 7. The Balaban J connectivity index is 0.000000260. The number of H-pyrrole nitrogens is 1. The molecule has 0 atom stereocenters. The number of aromatic amines is 1. The van der Waals surface area contributed by atoms with Gasteiger partial charge in [-0.15, -0.1) is 0 Å². The zero-order valence-corrected chi connectivity index (χ0v) is 20.8. The molecule has 0 fully saturated rings. The van der Waals surface area contributed by atoms with Crippen molar-refractivity contribution in [2.45, 2.75) is 12.6 Å². The number of rotatable bonds is 9. The van der Waals surface area contributed by atoms with E-state index in [9.17, 15) is 19.2 Å². The summed E-state index contributed by atoms with van der Waals surface area (Å²) in [5, 5.41) is 5.59. The van der Waals surface area contributed by atoms with Gasteiger partial charge in [0.2, 0.25) is 0 Å². The van der Waals surface area contributed by atoms with Crippen LogP contribution in [0.3, 0.4) is 0 Å². The summed E-state index contributed by atoms with van der Waals surface area (Å²) < 4.78 is 4.97. The first kappa shape index (κ1) is 27.7. The van der Waals surface area contributed by atoms with Crippen LogP contribution < -0.4 is 16.2 Å². The lowest BCUT2D eigenvalue weighted by Crippen LogP contribution is -2.34. The van der Waals surface area contributed by atoms with Gasteiger partial charge in [-0.25, -0.2) is 4.98 Å². The molecule has 194 valence electrons. The first-order valence-corrected chi connectivity index (χ1v) is 11.8. The molecular weight excluding hydrogens is 484 g/mol. The molecule has 0 radical (unpaired) electrons. The molecule has 3 N–H and O–H groups in total. The third-order valence-corrected chi connectivity index (χ3v) is 5.28. The number of amides is 1. The third-order valence-electron chi connectivity index (χ3n) is 5.28. The number of nitrogens with zero attached hydrogens (tertiary/aromatic N) is 1. The number of nitrogens with one attached hydrogen (secondary N) is 3. The van der Waals surface area contributed by atoms with Gasteiger partial charge in [-0.3, -0.25) is 19.2 Å². The van der Waals surface area contributed by atoms with Crippen LogP contribution in [0.25, 0.3) is 0 Å². The molecule has 3 aromatic carbocycles. The Hall–Kier alpha value is -4.89. The highest BCUT2D eigenvalue weighted by molar-refractivity contribution is 5.94. The van der Waals surface area contributed by atoms with Crippen molar-refractivity contribution < 1.29 is 19.1 Å². The Morgan fingerprint density at radius 3 is 1.97 bits per heavy atom. The predicted octanol–water partition coefficient (Wildman–Crippen LogP) is 3.05. The number of carbonyl (C=O) groups excluding carboxylic acids is 3. The minimum Gasteiger partial charge on any atom is -0.460 e. The van der Waals surface area contributed by atoms with Crippen molar-refractivity contribution in [3.05, 3.63) is 136 Å². The third kappa shape index (κ3) is 8.35.